The Bertz CT molecular complexity index is 341. The monoisotopic (exact) mass is 222 g/mol. The van der Waals surface area contributed by atoms with Crippen molar-refractivity contribution in [1.29, 1.82) is 0 Å². The number of rotatable bonds is 5. The molecule has 1 aliphatic heterocycles. The highest BCUT2D eigenvalue weighted by Crippen LogP contribution is 2.12. The maximum absolute atomic E-state index is 4.49. The highest BCUT2D eigenvalue weighted by molar-refractivity contribution is 5.09. The zero-order chi connectivity index (χ0) is 11.5. The number of hydrogen-bond acceptors (Lipinski definition) is 3. The van der Waals surface area contributed by atoms with Crippen molar-refractivity contribution in [3.63, 3.8) is 0 Å². The Balaban J connectivity index is 2.05. The van der Waals surface area contributed by atoms with Gasteiger partial charge in [-0.2, -0.15) is 5.10 Å². The molecule has 1 aromatic rings. The molecule has 2 heterocycles. The number of hydrogen-bond donors (Lipinski definition) is 1. The van der Waals surface area contributed by atoms with Crippen LogP contribution in [0.1, 0.15) is 25.2 Å². The van der Waals surface area contributed by atoms with Gasteiger partial charge in [-0.1, -0.05) is 6.92 Å². The Morgan fingerprint density at radius 1 is 1.50 bits per heavy atom. The molecule has 1 fully saturated rings. The minimum Gasteiger partial charge on any atom is -0.314 e. The zero-order valence-electron chi connectivity index (χ0n) is 10.5. The van der Waals surface area contributed by atoms with Crippen molar-refractivity contribution < 1.29 is 0 Å². The third-order valence-electron chi connectivity index (χ3n) is 3.33. The topological polar surface area (TPSA) is 33.1 Å². The van der Waals surface area contributed by atoms with E-state index in [0.29, 0.717) is 6.04 Å². The number of nitrogens with one attached hydrogen (secondary N) is 1. The average Bonchev–Trinajstić information content (AvgIpc) is 2.55. The molecule has 1 aromatic heterocycles. The predicted octanol–water partition coefficient (Wildman–Crippen LogP) is 1.01. The van der Waals surface area contributed by atoms with Crippen molar-refractivity contribution in [2.45, 2.75) is 39.9 Å². The lowest BCUT2D eigenvalue weighted by Gasteiger charge is -2.37. The summed E-state index contributed by atoms with van der Waals surface area (Å²) >= 11 is 0. The normalized spacial score (nSPS) is 16.8. The van der Waals surface area contributed by atoms with E-state index in [9.17, 15) is 0 Å². The summed E-state index contributed by atoms with van der Waals surface area (Å²) in [4.78, 5) is 2.53. The number of aryl methyl sites for hydroxylation is 2. The Hall–Kier alpha value is -0.870. The summed E-state index contributed by atoms with van der Waals surface area (Å²) < 4.78 is 2.12. The smallest absolute Gasteiger partial charge is 0.0597 e. The first kappa shape index (κ1) is 11.6. The van der Waals surface area contributed by atoms with Crippen LogP contribution in [0.3, 0.4) is 0 Å². The molecule has 0 spiro atoms. The van der Waals surface area contributed by atoms with Gasteiger partial charge >= 0.3 is 0 Å². The average molecular weight is 222 g/mol. The molecule has 2 rings (SSSR count). The summed E-state index contributed by atoms with van der Waals surface area (Å²) in [6.07, 6.45) is 0. The molecule has 90 valence electrons. The van der Waals surface area contributed by atoms with Crippen LogP contribution in [-0.2, 0) is 13.1 Å². The Morgan fingerprint density at radius 2 is 2.25 bits per heavy atom. The summed E-state index contributed by atoms with van der Waals surface area (Å²) in [6, 6.07) is 2.92. The summed E-state index contributed by atoms with van der Waals surface area (Å²) in [6.45, 7) is 11.8. The number of nitrogens with zero attached hydrogens (tertiary/aromatic N) is 3. The molecule has 0 aliphatic carbocycles. The van der Waals surface area contributed by atoms with Gasteiger partial charge in [-0.3, -0.25) is 9.58 Å². The third-order valence-corrected chi connectivity index (χ3v) is 3.33. The fourth-order valence-corrected chi connectivity index (χ4v) is 2.24. The number of aromatic nitrogens is 2. The van der Waals surface area contributed by atoms with E-state index in [-0.39, 0.29) is 0 Å². The van der Waals surface area contributed by atoms with Crippen molar-refractivity contribution in [2.24, 2.45) is 0 Å². The van der Waals surface area contributed by atoms with Gasteiger partial charge in [0.15, 0.2) is 0 Å². The highest BCUT2D eigenvalue weighted by atomic mass is 15.3. The summed E-state index contributed by atoms with van der Waals surface area (Å²) in [5.41, 5.74) is 2.47. The van der Waals surface area contributed by atoms with Crippen LogP contribution in [0.5, 0.6) is 0 Å². The van der Waals surface area contributed by atoms with Gasteiger partial charge in [0.1, 0.15) is 0 Å². The molecular weight excluding hydrogens is 200 g/mol. The van der Waals surface area contributed by atoms with E-state index < -0.39 is 0 Å². The summed E-state index contributed by atoms with van der Waals surface area (Å²) in [7, 11) is 0. The molecule has 4 heteroatoms. The van der Waals surface area contributed by atoms with Gasteiger partial charge in [0.05, 0.1) is 11.4 Å². The predicted molar refractivity (Wildman–Crippen MR) is 65.4 cm³/mol. The minimum atomic E-state index is 0.713. The van der Waals surface area contributed by atoms with Gasteiger partial charge in [-0.25, -0.2) is 0 Å². The molecule has 0 atom stereocenters. The maximum atomic E-state index is 4.49. The fraction of sp³-hybridized carbons (Fsp3) is 0.750. The van der Waals surface area contributed by atoms with Gasteiger partial charge in [-0.15, -0.1) is 0 Å². The van der Waals surface area contributed by atoms with Crippen molar-refractivity contribution in [2.75, 3.05) is 19.6 Å². The van der Waals surface area contributed by atoms with Crippen molar-refractivity contribution in [3.8, 4) is 0 Å². The third kappa shape index (κ3) is 2.28. The molecule has 0 amide bonds. The first-order valence-electron chi connectivity index (χ1n) is 6.22. The molecule has 1 N–H and O–H groups in total. The highest BCUT2D eigenvalue weighted by Gasteiger charge is 2.24. The second kappa shape index (κ2) is 4.97. The van der Waals surface area contributed by atoms with Crippen molar-refractivity contribution >= 4 is 0 Å². The zero-order valence-corrected chi connectivity index (χ0v) is 10.5. The van der Waals surface area contributed by atoms with Crippen LogP contribution >= 0.6 is 0 Å². The van der Waals surface area contributed by atoms with Crippen LogP contribution in [0, 0.1) is 6.92 Å². The summed E-state index contributed by atoms with van der Waals surface area (Å²) in [5.74, 6) is 0. The molecule has 1 saturated heterocycles. The molecule has 0 saturated carbocycles. The lowest BCUT2D eigenvalue weighted by Crippen LogP contribution is -2.56. The van der Waals surface area contributed by atoms with E-state index >= 15 is 0 Å². The second-order valence-corrected chi connectivity index (χ2v) is 4.47. The molecule has 1 aliphatic rings. The first-order chi connectivity index (χ1) is 7.74. The van der Waals surface area contributed by atoms with Gasteiger partial charge < -0.3 is 5.32 Å². The van der Waals surface area contributed by atoms with Crippen LogP contribution in [-0.4, -0.2) is 40.4 Å². The van der Waals surface area contributed by atoms with E-state index in [1.54, 1.807) is 0 Å². The van der Waals surface area contributed by atoms with Crippen LogP contribution in [0.2, 0.25) is 0 Å². The van der Waals surface area contributed by atoms with Crippen LogP contribution in [0.15, 0.2) is 6.07 Å². The second-order valence-electron chi connectivity index (χ2n) is 4.47. The van der Waals surface area contributed by atoms with Crippen LogP contribution in [0.4, 0.5) is 0 Å². The van der Waals surface area contributed by atoms with E-state index in [4.69, 9.17) is 0 Å². The maximum Gasteiger partial charge on any atom is 0.0597 e. The molecule has 16 heavy (non-hydrogen) atoms. The van der Waals surface area contributed by atoms with E-state index in [0.717, 1.165) is 38.4 Å². The van der Waals surface area contributed by atoms with Crippen molar-refractivity contribution in [3.05, 3.63) is 17.5 Å². The lowest BCUT2D eigenvalue weighted by molar-refractivity contribution is 0.141. The van der Waals surface area contributed by atoms with E-state index in [1.165, 1.54) is 5.69 Å². The molecule has 0 radical (unpaired) electrons. The van der Waals surface area contributed by atoms with Gasteiger partial charge in [0, 0.05) is 32.2 Å². The standard InChI is InChI=1S/C12H22N4/c1-4-15(12-7-13-8-12)9-11-6-10(3)14-16(11)5-2/h6,12-13H,4-5,7-9H2,1-3H3. The molecule has 4 nitrogen and oxygen atoms in total. The quantitative estimate of drug-likeness (QED) is 0.807. The number of likely N-dealkylation sites (N-methyl/N-ethyl adjacent to an activating group) is 1. The van der Waals surface area contributed by atoms with Gasteiger partial charge in [0.2, 0.25) is 0 Å². The largest absolute Gasteiger partial charge is 0.314 e. The SMILES string of the molecule is CCN(Cc1cc(C)nn1CC)C1CNC1. The lowest BCUT2D eigenvalue weighted by atomic mass is 10.1. The minimum absolute atomic E-state index is 0.713. The molecule has 0 aromatic carbocycles. The fourth-order valence-electron chi connectivity index (χ4n) is 2.24. The molecular formula is C12H22N4. The van der Waals surface area contributed by atoms with E-state index in [2.05, 4.69) is 46.8 Å². The van der Waals surface area contributed by atoms with Crippen LogP contribution < -0.4 is 5.32 Å². The van der Waals surface area contributed by atoms with Crippen molar-refractivity contribution in [1.82, 2.24) is 20.0 Å². The molecule has 0 unspecified atom stereocenters. The van der Waals surface area contributed by atoms with Gasteiger partial charge in [0.25, 0.3) is 0 Å². The first-order valence-corrected chi connectivity index (χ1v) is 6.22. The summed E-state index contributed by atoms with van der Waals surface area (Å²) in [5, 5.41) is 7.83. The van der Waals surface area contributed by atoms with E-state index in [1.807, 2.05) is 0 Å². The van der Waals surface area contributed by atoms with Crippen LogP contribution in [0.25, 0.3) is 0 Å². The Labute approximate surface area is 97.6 Å². The van der Waals surface area contributed by atoms with Gasteiger partial charge in [-0.05, 0) is 26.5 Å². The molecule has 0 bridgehead atoms. The Morgan fingerprint density at radius 3 is 2.75 bits per heavy atom. The Kier molecular flexibility index (Phi) is 3.61.